The number of esters is 1. The standard InChI is InChI=1S/C20H23IO2/c1-2-3-4-5-6-7-16-8-10-17(11-9-16)20(22)23-19-14-12-18(21)13-15-19/h8-15H,2-7H2,1H3. The van der Waals surface area contributed by atoms with Gasteiger partial charge in [-0.25, -0.2) is 4.79 Å². The third-order valence-electron chi connectivity index (χ3n) is 3.78. The second kappa shape index (κ2) is 9.71. The minimum absolute atomic E-state index is 0.305. The van der Waals surface area contributed by atoms with Crippen LogP contribution in [0.2, 0.25) is 0 Å². The van der Waals surface area contributed by atoms with Crippen molar-refractivity contribution >= 4 is 28.6 Å². The van der Waals surface area contributed by atoms with Crippen LogP contribution in [0.4, 0.5) is 0 Å². The number of benzene rings is 2. The zero-order valence-corrected chi connectivity index (χ0v) is 15.7. The number of carbonyl (C=O) groups is 1. The molecule has 0 aliphatic rings. The Morgan fingerprint density at radius 1 is 0.913 bits per heavy atom. The highest BCUT2D eigenvalue weighted by Gasteiger charge is 2.08. The van der Waals surface area contributed by atoms with Crippen LogP contribution < -0.4 is 4.74 Å². The predicted molar refractivity (Wildman–Crippen MR) is 103 cm³/mol. The summed E-state index contributed by atoms with van der Waals surface area (Å²) in [6.07, 6.45) is 7.49. The molecule has 0 unspecified atom stereocenters. The average Bonchev–Trinajstić information content (AvgIpc) is 2.57. The van der Waals surface area contributed by atoms with Crippen LogP contribution in [-0.2, 0) is 6.42 Å². The van der Waals surface area contributed by atoms with E-state index in [1.54, 1.807) is 0 Å². The molecule has 2 aromatic rings. The van der Waals surface area contributed by atoms with Crippen molar-refractivity contribution in [2.45, 2.75) is 45.4 Å². The van der Waals surface area contributed by atoms with Gasteiger partial charge >= 0.3 is 5.97 Å². The lowest BCUT2D eigenvalue weighted by Crippen LogP contribution is -2.08. The molecule has 0 saturated carbocycles. The summed E-state index contributed by atoms with van der Waals surface area (Å²) in [4.78, 5) is 12.1. The number of carbonyl (C=O) groups excluding carboxylic acids is 1. The van der Waals surface area contributed by atoms with Gasteiger partial charge in [0.1, 0.15) is 5.75 Å². The highest BCUT2D eigenvalue weighted by atomic mass is 127. The summed E-state index contributed by atoms with van der Waals surface area (Å²) in [6.45, 7) is 2.23. The summed E-state index contributed by atoms with van der Waals surface area (Å²) < 4.78 is 6.49. The van der Waals surface area contributed by atoms with Gasteiger partial charge in [-0.1, -0.05) is 44.7 Å². The van der Waals surface area contributed by atoms with E-state index >= 15 is 0 Å². The van der Waals surface area contributed by atoms with Crippen molar-refractivity contribution in [3.8, 4) is 5.75 Å². The Morgan fingerprint density at radius 3 is 2.22 bits per heavy atom. The van der Waals surface area contributed by atoms with E-state index in [0.717, 1.165) is 9.99 Å². The molecule has 3 heteroatoms. The normalized spacial score (nSPS) is 10.5. The maximum atomic E-state index is 12.1. The minimum atomic E-state index is -0.305. The van der Waals surface area contributed by atoms with E-state index in [1.807, 2.05) is 48.5 Å². The number of unbranched alkanes of at least 4 members (excludes halogenated alkanes) is 4. The molecular weight excluding hydrogens is 399 g/mol. The van der Waals surface area contributed by atoms with Gasteiger partial charge in [0.2, 0.25) is 0 Å². The summed E-state index contributed by atoms with van der Waals surface area (Å²) in [5.74, 6) is 0.274. The summed E-state index contributed by atoms with van der Waals surface area (Å²) >= 11 is 2.22. The molecule has 0 N–H and O–H groups in total. The fraction of sp³-hybridized carbons (Fsp3) is 0.350. The second-order valence-electron chi connectivity index (χ2n) is 5.70. The topological polar surface area (TPSA) is 26.3 Å². The van der Waals surface area contributed by atoms with Crippen LogP contribution in [-0.4, -0.2) is 5.97 Å². The molecule has 0 spiro atoms. The number of halogens is 1. The van der Waals surface area contributed by atoms with Crippen LogP contribution >= 0.6 is 22.6 Å². The van der Waals surface area contributed by atoms with Gasteiger partial charge in [-0.3, -0.25) is 0 Å². The summed E-state index contributed by atoms with van der Waals surface area (Å²) in [5, 5.41) is 0. The zero-order chi connectivity index (χ0) is 16.5. The maximum Gasteiger partial charge on any atom is 0.343 e. The fourth-order valence-corrected chi connectivity index (χ4v) is 2.77. The van der Waals surface area contributed by atoms with Gasteiger partial charge in [0.25, 0.3) is 0 Å². The van der Waals surface area contributed by atoms with Crippen LogP contribution in [0.3, 0.4) is 0 Å². The molecular formula is C20H23IO2. The Morgan fingerprint density at radius 2 is 1.57 bits per heavy atom. The summed E-state index contributed by atoms with van der Waals surface area (Å²) in [5.41, 5.74) is 1.88. The molecule has 0 atom stereocenters. The Hall–Kier alpha value is -1.36. The number of aryl methyl sites for hydroxylation is 1. The fourth-order valence-electron chi connectivity index (χ4n) is 2.41. The highest BCUT2D eigenvalue weighted by Crippen LogP contribution is 2.16. The first kappa shape index (κ1) is 18.0. The van der Waals surface area contributed by atoms with Crippen LogP contribution in [0.5, 0.6) is 5.75 Å². The van der Waals surface area contributed by atoms with E-state index in [1.165, 1.54) is 37.7 Å². The Balaban J connectivity index is 1.83. The van der Waals surface area contributed by atoms with Crippen molar-refractivity contribution in [2.75, 3.05) is 0 Å². The maximum absolute atomic E-state index is 12.1. The monoisotopic (exact) mass is 422 g/mol. The SMILES string of the molecule is CCCCCCCc1ccc(C(=O)Oc2ccc(I)cc2)cc1. The molecule has 0 fully saturated rings. The molecule has 0 amide bonds. The summed E-state index contributed by atoms with van der Waals surface area (Å²) in [7, 11) is 0. The van der Waals surface area contributed by atoms with Crippen LogP contribution in [0, 0.1) is 3.57 Å². The van der Waals surface area contributed by atoms with Gasteiger partial charge in [-0.2, -0.15) is 0 Å². The molecule has 0 bridgehead atoms. The lowest BCUT2D eigenvalue weighted by molar-refractivity contribution is 0.0734. The molecule has 0 aliphatic carbocycles. The van der Waals surface area contributed by atoms with Gasteiger partial charge in [-0.15, -0.1) is 0 Å². The van der Waals surface area contributed by atoms with E-state index in [4.69, 9.17) is 4.74 Å². The van der Waals surface area contributed by atoms with Crippen molar-refractivity contribution in [3.05, 3.63) is 63.2 Å². The average molecular weight is 422 g/mol. The zero-order valence-electron chi connectivity index (χ0n) is 13.6. The van der Waals surface area contributed by atoms with Crippen molar-refractivity contribution in [1.82, 2.24) is 0 Å². The van der Waals surface area contributed by atoms with Gasteiger partial charge in [0.15, 0.2) is 0 Å². The molecule has 0 heterocycles. The summed E-state index contributed by atoms with van der Waals surface area (Å²) in [6, 6.07) is 15.2. The Bertz CT molecular complexity index is 603. The first-order chi connectivity index (χ1) is 11.2. The van der Waals surface area contributed by atoms with Crippen molar-refractivity contribution in [2.24, 2.45) is 0 Å². The number of rotatable bonds is 8. The molecule has 2 rings (SSSR count). The Labute approximate surface area is 152 Å². The lowest BCUT2D eigenvalue weighted by Gasteiger charge is -2.06. The van der Waals surface area contributed by atoms with Crippen LogP contribution in [0.25, 0.3) is 0 Å². The van der Waals surface area contributed by atoms with Crippen molar-refractivity contribution in [3.63, 3.8) is 0 Å². The first-order valence-electron chi connectivity index (χ1n) is 8.25. The number of hydrogen-bond acceptors (Lipinski definition) is 2. The van der Waals surface area contributed by atoms with Gasteiger partial charge in [0, 0.05) is 3.57 Å². The first-order valence-corrected chi connectivity index (χ1v) is 9.33. The third-order valence-corrected chi connectivity index (χ3v) is 4.50. The van der Waals surface area contributed by atoms with Crippen molar-refractivity contribution < 1.29 is 9.53 Å². The van der Waals surface area contributed by atoms with Gasteiger partial charge in [-0.05, 0) is 77.4 Å². The lowest BCUT2D eigenvalue weighted by atomic mass is 10.0. The molecule has 0 aliphatic heterocycles. The van der Waals surface area contributed by atoms with Gasteiger partial charge < -0.3 is 4.74 Å². The smallest absolute Gasteiger partial charge is 0.343 e. The van der Waals surface area contributed by atoms with Crippen molar-refractivity contribution in [1.29, 1.82) is 0 Å². The van der Waals surface area contributed by atoms with E-state index in [2.05, 4.69) is 29.5 Å². The molecule has 2 nitrogen and oxygen atoms in total. The Kier molecular flexibility index (Phi) is 7.59. The van der Waals surface area contributed by atoms with E-state index in [0.29, 0.717) is 11.3 Å². The highest BCUT2D eigenvalue weighted by molar-refractivity contribution is 14.1. The largest absolute Gasteiger partial charge is 0.423 e. The van der Waals surface area contributed by atoms with Crippen LogP contribution in [0.1, 0.15) is 54.9 Å². The van der Waals surface area contributed by atoms with E-state index < -0.39 is 0 Å². The second-order valence-corrected chi connectivity index (χ2v) is 6.95. The number of ether oxygens (including phenoxy) is 1. The molecule has 2 aromatic carbocycles. The van der Waals surface area contributed by atoms with E-state index in [9.17, 15) is 4.79 Å². The quantitative estimate of drug-likeness (QED) is 0.225. The molecule has 23 heavy (non-hydrogen) atoms. The van der Waals surface area contributed by atoms with Gasteiger partial charge in [0.05, 0.1) is 5.56 Å². The minimum Gasteiger partial charge on any atom is -0.423 e. The molecule has 122 valence electrons. The molecule has 0 saturated heterocycles. The third kappa shape index (κ3) is 6.34. The van der Waals surface area contributed by atoms with E-state index in [-0.39, 0.29) is 5.97 Å². The van der Waals surface area contributed by atoms with Crippen LogP contribution in [0.15, 0.2) is 48.5 Å². The molecule has 0 aromatic heterocycles. The molecule has 0 radical (unpaired) electrons. The predicted octanol–water partition coefficient (Wildman–Crippen LogP) is 6.02. The number of hydrogen-bond donors (Lipinski definition) is 0.